The average molecular weight is 275 g/mol. The van der Waals surface area contributed by atoms with Crippen molar-refractivity contribution in [1.82, 2.24) is 5.32 Å². The predicted octanol–water partition coefficient (Wildman–Crippen LogP) is 2.43. The Labute approximate surface area is 116 Å². The fraction of sp³-hybridized carbons (Fsp3) is 0.154. The molecule has 5 nitrogen and oxygen atoms in total. The van der Waals surface area contributed by atoms with Gasteiger partial charge in [0.2, 0.25) is 0 Å². The van der Waals surface area contributed by atoms with Gasteiger partial charge < -0.3 is 10.6 Å². The maximum Gasteiger partial charge on any atom is 0.252 e. The van der Waals surface area contributed by atoms with Gasteiger partial charge in [0.1, 0.15) is 17.7 Å². The highest BCUT2D eigenvalue weighted by molar-refractivity contribution is 6.34. The fourth-order valence-electron chi connectivity index (χ4n) is 1.29. The smallest absolute Gasteiger partial charge is 0.252 e. The summed E-state index contributed by atoms with van der Waals surface area (Å²) in [5.74, 6) is -0.246. The normalized spacial score (nSPS) is 8.84. The summed E-state index contributed by atoms with van der Waals surface area (Å²) in [5, 5.41) is 22.9. The number of hydrogen-bond acceptors (Lipinski definition) is 4. The van der Waals surface area contributed by atoms with Crippen molar-refractivity contribution in [2.75, 3.05) is 11.9 Å². The van der Waals surface area contributed by atoms with Gasteiger partial charge >= 0.3 is 0 Å². The quantitative estimate of drug-likeness (QED) is 0.825. The number of nitrogens with zero attached hydrogens (tertiary/aromatic N) is 2. The van der Waals surface area contributed by atoms with Crippen LogP contribution in [0.2, 0.25) is 5.02 Å². The number of amides is 1. The lowest BCUT2D eigenvalue weighted by atomic mass is 10.2. The summed E-state index contributed by atoms with van der Waals surface area (Å²) in [4.78, 5) is 11.6. The van der Waals surface area contributed by atoms with Crippen LogP contribution in [-0.4, -0.2) is 12.5 Å². The van der Waals surface area contributed by atoms with Crippen LogP contribution in [0.15, 0.2) is 30.0 Å². The maximum atomic E-state index is 11.6. The largest absolute Gasteiger partial charge is 0.360 e. The van der Waals surface area contributed by atoms with Crippen molar-refractivity contribution < 1.29 is 4.79 Å². The van der Waals surface area contributed by atoms with E-state index in [9.17, 15) is 4.79 Å². The van der Waals surface area contributed by atoms with E-state index in [0.717, 1.165) is 0 Å². The van der Waals surface area contributed by atoms with Gasteiger partial charge in [-0.15, -0.1) is 0 Å². The first kappa shape index (κ1) is 14.6. The highest BCUT2D eigenvalue weighted by Gasteiger charge is 2.09. The van der Waals surface area contributed by atoms with Gasteiger partial charge in [-0.1, -0.05) is 11.6 Å². The lowest BCUT2D eigenvalue weighted by molar-refractivity contribution is 0.0956. The van der Waals surface area contributed by atoms with E-state index < -0.39 is 0 Å². The van der Waals surface area contributed by atoms with Crippen LogP contribution in [0.4, 0.5) is 5.69 Å². The van der Waals surface area contributed by atoms with E-state index in [1.807, 2.05) is 6.92 Å². The molecule has 96 valence electrons. The van der Waals surface area contributed by atoms with Crippen LogP contribution >= 0.6 is 11.6 Å². The number of carbonyl (C=O) groups excluding carboxylic acids is 1. The lowest BCUT2D eigenvalue weighted by Crippen LogP contribution is -2.22. The summed E-state index contributed by atoms with van der Waals surface area (Å²) in [5.41, 5.74) is 0.906. The number of anilines is 1. The first-order valence-corrected chi connectivity index (χ1v) is 5.84. The SMILES string of the molecule is CCNC(=O)c1ccc(NC=C(C#N)C#N)cc1Cl. The molecule has 1 rings (SSSR count). The minimum atomic E-state index is -0.246. The van der Waals surface area contributed by atoms with Crippen LogP contribution < -0.4 is 10.6 Å². The molecule has 0 atom stereocenters. The maximum absolute atomic E-state index is 11.6. The van der Waals surface area contributed by atoms with Crippen molar-refractivity contribution >= 4 is 23.2 Å². The van der Waals surface area contributed by atoms with Crippen LogP contribution in [0.5, 0.6) is 0 Å². The highest BCUT2D eigenvalue weighted by atomic mass is 35.5. The number of rotatable bonds is 4. The van der Waals surface area contributed by atoms with Crippen LogP contribution in [-0.2, 0) is 0 Å². The number of hydrogen-bond donors (Lipinski definition) is 2. The Morgan fingerprint density at radius 2 is 2.11 bits per heavy atom. The third-order valence-corrected chi connectivity index (χ3v) is 2.49. The monoisotopic (exact) mass is 274 g/mol. The molecule has 0 saturated carbocycles. The van der Waals surface area contributed by atoms with Gasteiger partial charge in [-0.05, 0) is 25.1 Å². The van der Waals surface area contributed by atoms with Crippen molar-refractivity contribution in [1.29, 1.82) is 10.5 Å². The summed E-state index contributed by atoms with van der Waals surface area (Å²) < 4.78 is 0. The summed E-state index contributed by atoms with van der Waals surface area (Å²) in [7, 11) is 0. The van der Waals surface area contributed by atoms with Gasteiger partial charge in [-0.2, -0.15) is 10.5 Å². The Morgan fingerprint density at radius 3 is 2.63 bits per heavy atom. The first-order chi connectivity index (χ1) is 9.12. The highest BCUT2D eigenvalue weighted by Crippen LogP contribution is 2.21. The predicted molar refractivity (Wildman–Crippen MR) is 72.4 cm³/mol. The number of nitrogens with one attached hydrogen (secondary N) is 2. The summed E-state index contributed by atoms with van der Waals surface area (Å²) in [6, 6.07) is 8.21. The molecule has 0 fully saturated rings. The Kier molecular flexibility index (Phi) is 5.40. The first-order valence-electron chi connectivity index (χ1n) is 5.47. The van der Waals surface area contributed by atoms with E-state index in [0.29, 0.717) is 22.8 Å². The molecule has 0 aliphatic heterocycles. The molecule has 2 N–H and O–H groups in total. The van der Waals surface area contributed by atoms with E-state index >= 15 is 0 Å². The number of allylic oxidation sites excluding steroid dienone is 1. The van der Waals surface area contributed by atoms with E-state index in [1.165, 1.54) is 6.20 Å². The zero-order valence-electron chi connectivity index (χ0n) is 10.2. The van der Waals surface area contributed by atoms with E-state index in [2.05, 4.69) is 10.6 Å². The number of carbonyl (C=O) groups is 1. The second kappa shape index (κ2) is 7.05. The van der Waals surface area contributed by atoms with Crippen molar-refractivity contribution in [3.63, 3.8) is 0 Å². The van der Waals surface area contributed by atoms with E-state index in [-0.39, 0.29) is 11.5 Å². The molecule has 0 aliphatic carbocycles. The molecular weight excluding hydrogens is 264 g/mol. The number of nitriles is 2. The molecule has 0 unspecified atom stereocenters. The lowest BCUT2D eigenvalue weighted by Gasteiger charge is -2.07. The fourth-order valence-corrected chi connectivity index (χ4v) is 1.56. The van der Waals surface area contributed by atoms with E-state index in [1.54, 1.807) is 30.3 Å². The molecule has 0 spiro atoms. The van der Waals surface area contributed by atoms with Crippen LogP contribution in [0.1, 0.15) is 17.3 Å². The summed E-state index contributed by atoms with van der Waals surface area (Å²) in [6.45, 7) is 2.34. The molecule has 19 heavy (non-hydrogen) atoms. The van der Waals surface area contributed by atoms with Crippen LogP contribution in [0.25, 0.3) is 0 Å². The molecule has 6 heteroatoms. The third kappa shape index (κ3) is 4.02. The zero-order chi connectivity index (χ0) is 14.3. The molecule has 0 aromatic heterocycles. The minimum Gasteiger partial charge on any atom is -0.360 e. The molecule has 0 aliphatic rings. The van der Waals surface area contributed by atoms with Crippen molar-refractivity contribution in [3.8, 4) is 12.1 Å². The molecule has 1 aromatic rings. The van der Waals surface area contributed by atoms with Crippen LogP contribution in [0, 0.1) is 22.7 Å². The van der Waals surface area contributed by atoms with Gasteiger partial charge in [0.25, 0.3) is 5.91 Å². The van der Waals surface area contributed by atoms with Gasteiger partial charge in [-0.3, -0.25) is 4.79 Å². The van der Waals surface area contributed by atoms with E-state index in [4.69, 9.17) is 22.1 Å². The van der Waals surface area contributed by atoms with Gasteiger partial charge in [0.05, 0.1) is 10.6 Å². The van der Waals surface area contributed by atoms with Crippen molar-refractivity contribution in [3.05, 3.63) is 40.6 Å². The number of halogens is 1. The second-order valence-corrected chi connectivity index (χ2v) is 3.89. The van der Waals surface area contributed by atoms with Crippen LogP contribution in [0.3, 0.4) is 0 Å². The summed E-state index contributed by atoms with van der Waals surface area (Å²) in [6.07, 6.45) is 1.28. The third-order valence-electron chi connectivity index (χ3n) is 2.18. The summed E-state index contributed by atoms with van der Waals surface area (Å²) >= 11 is 5.99. The Hall–Kier alpha value is -2.50. The molecule has 0 saturated heterocycles. The molecule has 0 heterocycles. The Balaban J connectivity index is 2.90. The second-order valence-electron chi connectivity index (χ2n) is 3.48. The minimum absolute atomic E-state index is 0.0519. The molecule has 0 bridgehead atoms. The van der Waals surface area contributed by atoms with Gasteiger partial charge in [0, 0.05) is 18.4 Å². The Morgan fingerprint density at radius 1 is 1.42 bits per heavy atom. The average Bonchev–Trinajstić information content (AvgIpc) is 2.40. The molecular formula is C13H11ClN4O. The standard InChI is InChI=1S/C13H11ClN4O/c1-2-17-13(19)11-4-3-10(5-12(11)14)18-8-9(6-15)7-16/h3-5,8,18H,2H2,1H3,(H,17,19). The number of benzene rings is 1. The Bertz CT molecular complexity index is 580. The molecule has 1 amide bonds. The van der Waals surface area contributed by atoms with Crippen molar-refractivity contribution in [2.24, 2.45) is 0 Å². The van der Waals surface area contributed by atoms with Crippen molar-refractivity contribution in [2.45, 2.75) is 6.92 Å². The van der Waals surface area contributed by atoms with Gasteiger partial charge in [0.15, 0.2) is 0 Å². The molecule has 0 radical (unpaired) electrons. The topological polar surface area (TPSA) is 88.7 Å². The molecule has 1 aromatic carbocycles. The zero-order valence-corrected chi connectivity index (χ0v) is 11.0. The van der Waals surface area contributed by atoms with Gasteiger partial charge in [-0.25, -0.2) is 0 Å².